The van der Waals surface area contributed by atoms with Gasteiger partial charge in [-0.25, -0.2) is 0 Å². The maximum absolute atomic E-state index is 11.9. The SMILES string of the molecule is Cn1nccc1C(=O)NCC(C)(O)c1ccsc1. The number of thiophene rings is 1. The molecule has 6 heteroatoms. The highest BCUT2D eigenvalue weighted by Gasteiger charge is 2.24. The van der Waals surface area contributed by atoms with E-state index in [-0.39, 0.29) is 12.5 Å². The first kappa shape index (κ1) is 12.8. The van der Waals surface area contributed by atoms with Gasteiger partial charge in [0, 0.05) is 13.2 Å². The Hall–Kier alpha value is -1.66. The van der Waals surface area contributed by atoms with E-state index in [9.17, 15) is 9.90 Å². The van der Waals surface area contributed by atoms with Crippen LogP contribution in [0.3, 0.4) is 0 Å². The van der Waals surface area contributed by atoms with Gasteiger partial charge in [-0.3, -0.25) is 9.48 Å². The fourth-order valence-electron chi connectivity index (χ4n) is 1.61. The molecule has 0 aliphatic heterocycles. The van der Waals surface area contributed by atoms with Crippen LogP contribution in [0.1, 0.15) is 23.0 Å². The molecular formula is C12H15N3O2S. The van der Waals surface area contributed by atoms with Crippen molar-refractivity contribution in [2.45, 2.75) is 12.5 Å². The van der Waals surface area contributed by atoms with Gasteiger partial charge in [0.25, 0.3) is 5.91 Å². The molecule has 2 heterocycles. The average Bonchev–Trinajstić information content (AvgIpc) is 2.96. The zero-order chi connectivity index (χ0) is 13.2. The van der Waals surface area contributed by atoms with Crippen molar-refractivity contribution in [3.8, 4) is 0 Å². The summed E-state index contributed by atoms with van der Waals surface area (Å²) in [6, 6.07) is 3.48. The third-order valence-corrected chi connectivity index (χ3v) is 3.47. The second-order valence-corrected chi connectivity index (χ2v) is 5.09. The third-order valence-electron chi connectivity index (χ3n) is 2.79. The molecule has 96 valence electrons. The predicted octanol–water partition coefficient (Wildman–Crippen LogP) is 1.12. The van der Waals surface area contributed by atoms with Gasteiger partial charge in [-0.05, 0) is 35.4 Å². The molecular weight excluding hydrogens is 250 g/mol. The number of nitrogens with zero attached hydrogens (tertiary/aromatic N) is 2. The smallest absolute Gasteiger partial charge is 0.269 e. The van der Waals surface area contributed by atoms with Crippen LogP contribution in [-0.2, 0) is 12.6 Å². The van der Waals surface area contributed by atoms with Crippen LogP contribution in [0.4, 0.5) is 0 Å². The Balaban J connectivity index is 2.00. The number of amides is 1. The number of rotatable bonds is 4. The molecule has 1 unspecified atom stereocenters. The Kier molecular flexibility index (Phi) is 3.49. The molecule has 2 rings (SSSR count). The number of hydrogen-bond acceptors (Lipinski definition) is 4. The van der Waals surface area contributed by atoms with Crippen LogP contribution in [0.2, 0.25) is 0 Å². The van der Waals surface area contributed by atoms with Gasteiger partial charge in [-0.1, -0.05) is 0 Å². The minimum atomic E-state index is -1.06. The van der Waals surface area contributed by atoms with Crippen molar-refractivity contribution in [2.24, 2.45) is 7.05 Å². The molecule has 1 amide bonds. The van der Waals surface area contributed by atoms with Crippen molar-refractivity contribution < 1.29 is 9.90 Å². The molecule has 0 fully saturated rings. The van der Waals surface area contributed by atoms with Crippen LogP contribution in [0.5, 0.6) is 0 Å². The highest BCUT2D eigenvalue weighted by atomic mass is 32.1. The van der Waals surface area contributed by atoms with Gasteiger partial charge in [-0.2, -0.15) is 16.4 Å². The van der Waals surface area contributed by atoms with Crippen LogP contribution >= 0.6 is 11.3 Å². The quantitative estimate of drug-likeness (QED) is 0.870. The lowest BCUT2D eigenvalue weighted by atomic mass is 9.99. The number of carbonyl (C=O) groups excluding carboxylic acids is 1. The molecule has 0 saturated heterocycles. The number of carbonyl (C=O) groups is 1. The first-order valence-corrected chi connectivity index (χ1v) is 6.46. The summed E-state index contributed by atoms with van der Waals surface area (Å²) in [4.78, 5) is 11.9. The normalized spacial score (nSPS) is 14.2. The van der Waals surface area contributed by atoms with Gasteiger partial charge < -0.3 is 10.4 Å². The molecule has 0 radical (unpaired) electrons. The van der Waals surface area contributed by atoms with Gasteiger partial charge >= 0.3 is 0 Å². The summed E-state index contributed by atoms with van der Waals surface area (Å²) >= 11 is 1.51. The monoisotopic (exact) mass is 265 g/mol. The van der Waals surface area contributed by atoms with E-state index in [0.717, 1.165) is 5.56 Å². The van der Waals surface area contributed by atoms with Crippen molar-refractivity contribution in [3.05, 3.63) is 40.3 Å². The summed E-state index contributed by atoms with van der Waals surface area (Å²) in [5, 5.41) is 20.7. The second kappa shape index (κ2) is 4.91. The molecule has 2 N–H and O–H groups in total. The minimum Gasteiger partial charge on any atom is -0.384 e. The van der Waals surface area contributed by atoms with Gasteiger partial charge in [0.1, 0.15) is 11.3 Å². The van der Waals surface area contributed by atoms with Gasteiger partial charge in [0.2, 0.25) is 0 Å². The summed E-state index contributed by atoms with van der Waals surface area (Å²) in [5.74, 6) is -0.245. The number of aromatic nitrogens is 2. The van der Waals surface area contributed by atoms with E-state index in [1.807, 2.05) is 16.8 Å². The highest BCUT2D eigenvalue weighted by molar-refractivity contribution is 7.08. The van der Waals surface area contributed by atoms with E-state index in [4.69, 9.17) is 0 Å². The summed E-state index contributed by atoms with van der Waals surface area (Å²) in [5.41, 5.74) is 0.211. The van der Waals surface area contributed by atoms with E-state index < -0.39 is 5.60 Å². The Morgan fingerprint density at radius 3 is 2.94 bits per heavy atom. The average molecular weight is 265 g/mol. The molecule has 0 bridgehead atoms. The van der Waals surface area contributed by atoms with Gasteiger partial charge in [0.15, 0.2) is 0 Å². The minimum absolute atomic E-state index is 0.160. The van der Waals surface area contributed by atoms with E-state index in [2.05, 4.69) is 10.4 Å². The second-order valence-electron chi connectivity index (χ2n) is 4.31. The van der Waals surface area contributed by atoms with E-state index >= 15 is 0 Å². The molecule has 18 heavy (non-hydrogen) atoms. The van der Waals surface area contributed by atoms with Crippen molar-refractivity contribution in [3.63, 3.8) is 0 Å². The van der Waals surface area contributed by atoms with Crippen molar-refractivity contribution in [1.82, 2.24) is 15.1 Å². The Morgan fingerprint density at radius 1 is 1.61 bits per heavy atom. The number of nitrogens with one attached hydrogen (secondary N) is 1. The van der Waals surface area contributed by atoms with Crippen LogP contribution in [0.15, 0.2) is 29.1 Å². The number of aryl methyl sites for hydroxylation is 1. The molecule has 2 aromatic heterocycles. The fraction of sp³-hybridized carbons (Fsp3) is 0.333. The first-order chi connectivity index (χ1) is 8.50. The fourth-order valence-corrected chi connectivity index (χ4v) is 2.40. The topological polar surface area (TPSA) is 67.2 Å². The molecule has 2 aromatic rings. The largest absolute Gasteiger partial charge is 0.384 e. The summed E-state index contributed by atoms with van der Waals surface area (Å²) in [6.07, 6.45) is 1.56. The van der Waals surface area contributed by atoms with E-state index in [1.165, 1.54) is 16.0 Å². The van der Waals surface area contributed by atoms with Crippen molar-refractivity contribution in [1.29, 1.82) is 0 Å². The maximum Gasteiger partial charge on any atom is 0.269 e. The Morgan fingerprint density at radius 2 is 2.39 bits per heavy atom. The molecule has 5 nitrogen and oxygen atoms in total. The van der Waals surface area contributed by atoms with Gasteiger partial charge in [0.05, 0.1) is 6.54 Å². The highest BCUT2D eigenvalue weighted by Crippen LogP contribution is 2.22. The lowest BCUT2D eigenvalue weighted by molar-refractivity contribution is 0.0527. The molecule has 0 spiro atoms. The Labute approximate surface area is 109 Å². The van der Waals surface area contributed by atoms with Crippen LogP contribution in [0.25, 0.3) is 0 Å². The standard InChI is InChI=1S/C12H15N3O2S/c1-12(17,9-4-6-18-7-9)8-13-11(16)10-3-5-14-15(10)2/h3-7,17H,8H2,1-2H3,(H,13,16). The zero-order valence-electron chi connectivity index (χ0n) is 10.3. The van der Waals surface area contributed by atoms with E-state index in [0.29, 0.717) is 5.69 Å². The lowest BCUT2D eigenvalue weighted by Crippen LogP contribution is -2.38. The van der Waals surface area contributed by atoms with Crippen LogP contribution < -0.4 is 5.32 Å². The van der Waals surface area contributed by atoms with Crippen LogP contribution in [0, 0.1) is 0 Å². The van der Waals surface area contributed by atoms with Crippen molar-refractivity contribution >= 4 is 17.2 Å². The number of aliphatic hydroxyl groups is 1. The lowest BCUT2D eigenvalue weighted by Gasteiger charge is -2.22. The predicted molar refractivity (Wildman–Crippen MR) is 69.4 cm³/mol. The summed E-state index contributed by atoms with van der Waals surface area (Å²) in [7, 11) is 1.70. The summed E-state index contributed by atoms with van der Waals surface area (Å²) in [6.45, 7) is 1.84. The molecule has 0 aromatic carbocycles. The van der Waals surface area contributed by atoms with E-state index in [1.54, 1.807) is 26.2 Å². The number of hydrogen-bond donors (Lipinski definition) is 2. The van der Waals surface area contributed by atoms with Gasteiger partial charge in [-0.15, -0.1) is 0 Å². The molecule has 1 atom stereocenters. The molecule has 0 aliphatic rings. The Bertz CT molecular complexity index is 531. The van der Waals surface area contributed by atoms with Crippen molar-refractivity contribution in [2.75, 3.05) is 6.54 Å². The van der Waals surface area contributed by atoms with Crippen LogP contribution in [-0.4, -0.2) is 27.3 Å². The third kappa shape index (κ3) is 2.60. The molecule has 0 saturated carbocycles. The first-order valence-electron chi connectivity index (χ1n) is 5.52. The molecule has 0 aliphatic carbocycles. The summed E-state index contributed by atoms with van der Waals surface area (Å²) < 4.78 is 1.49. The zero-order valence-corrected chi connectivity index (χ0v) is 11.1. The maximum atomic E-state index is 11.9.